The summed E-state index contributed by atoms with van der Waals surface area (Å²) >= 11 is 0. The Hall–Kier alpha value is -1.59. The van der Waals surface area contributed by atoms with Gasteiger partial charge in [-0.2, -0.15) is 0 Å². The Labute approximate surface area is 180 Å². The topological polar surface area (TPSA) is 60.9 Å². The maximum absolute atomic E-state index is 12.7. The van der Waals surface area contributed by atoms with Crippen LogP contribution in [0.3, 0.4) is 0 Å². The van der Waals surface area contributed by atoms with Crippen LogP contribution in [0.4, 0.5) is 0 Å². The van der Waals surface area contributed by atoms with Crippen LogP contribution in [0.1, 0.15) is 57.9 Å². The van der Waals surface area contributed by atoms with Gasteiger partial charge in [-0.1, -0.05) is 30.3 Å². The fourth-order valence-electron chi connectivity index (χ4n) is 4.98. The van der Waals surface area contributed by atoms with Crippen LogP contribution in [0.2, 0.25) is 0 Å². The SMILES string of the molecule is CN(C)C1(c2ccccc2)CCC2(CC1)CC(=O)N(CCC(C)(C)C(=O)O)C2.Cl. The number of amides is 1. The predicted octanol–water partition coefficient (Wildman–Crippen LogP) is 4.16. The van der Waals surface area contributed by atoms with Gasteiger partial charge in [0.1, 0.15) is 0 Å². The number of nitrogens with zero attached hydrogens (tertiary/aromatic N) is 2. The molecule has 29 heavy (non-hydrogen) atoms. The number of halogens is 1. The Morgan fingerprint density at radius 1 is 1.14 bits per heavy atom. The maximum atomic E-state index is 12.7. The number of hydrogen-bond acceptors (Lipinski definition) is 3. The van der Waals surface area contributed by atoms with Gasteiger partial charge in [0, 0.05) is 25.0 Å². The molecule has 1 aliphatic carbocycles. The molecule has 1 spiro atoms. The highest BCUT2D eigenvalue weighted by molar-refractivity contribution is 5.85. The molecule has 1 saturated carbocycles. The monoisotopic (exact) mass is 422 g/mol. The predicted molar refractivity (Wildman–Crippen MR) is 117 cm³/mol. The van der Waals surface area contributed by atoms with Gasteiger partial charge in [-0.3, -0.25) is 14.5 Å². The summed E-state index contributed by atoms with van der Waals surface area (Å²) in [5.41, 5.74) is 0.655. The number of carbonyl (C=O) groups is 2. The fourth-order valence-corrected chi connectivity index (χ4v) is 4.98. The van der Waals surface area contributed by atoms with Gasteiger partial charge >= 0.3 is 5.97 Å². The second-order valence-electron chi connectivity index (χ2n) is 9.72. The van der Waals surface area contributed by atoms with Crippen LogP contribution in [0.25, 0.3) is 0 Å². The summed E-state index contributed by atoms with van der Waals surface area (Å²) in [7, 11) is 4.32. The first-order chi connectivity index (χ1) is 13.1. The smallest absolute Gasteiger partial charge is 0.309 e. The van der Waals surface area contributed by atoms with E-state index in [0.717, 1.165) is 32.2 Å². The molecule has 1 aromatic rings. The Bertz CT molecular complexity index is 725. The van der Waals surface area contributed by atoms with E-state index in [-0.39, 0.29) is 29.3 Å². The van der Waals surface area contributed by atoms with Crippen molar-refractivity contribution in [3.8, 4) is 0 Å². The molecule has 3 rings (SSSR count). The van der Waals surface area contributed by atoms with Gasteiger partial charge in [-0.05, 0) is 71.0 Å². The van der Waals surface area contributed by atoms with Crippen molar-refractivity contribution in [3.05, 3.63) is 35.9 Å². The molecular formula is C23H35ClN2O3. The third kappa shape index (κ3) is 4.61. The second kappa shape index (κ2) is 8.65. The number of rotatable bonds is 6. The van der Waals surface area contributed by atoms with Gasteiger partial charge in [-0.15, -0.1) is 12.4 Å². The van der Waals surface area contributed by atoms with Crippen molar-refractivity contribution in [2.75, 3.05) is 27.2 Å². The van der Waals surface area contributed by atoms with Gasteiger partial charge in [0.2, 0.25) is 5.91 Å². The van der Waals surface area contributed by atoms with Gasteiger partial charge < -0.3 is 10.0 Å². The lowest BCUT2D eigenvalue weighted by atomic mass is 9.64. The number of carboxylic acid groups (broad SMARTS) is 1. The van der Waals surface area contributed by atoms with Crippen molar-refractivity contribution in [3.63, 3.8) is 0 Å². The van der Waals surface area contributed by atoms with Crippen LogP contribution in [-0.4, -0.2) is 54.0 Å². The lowest BCUT2D eigenvalue weighted by Gasteiger charge is -2.49. The molecule has 162 valence electrons. The van der Waals surface area contributed by atoms with Gasteiger partial charge in [0.15, 0.2) is 0 Å². The molecule has 1 heterocycles. The number of hydrogen-bond donors (Lipinski definition) is 1. The van der Waals surface area contributed by atoms with Crippen molar-refractivity contribution in [2.45, 2.75) is 57.9 Å². The molecular weight excluding hydrogens is 388 g/mol. The first-order valence-electron chi connectivity index (χ1n) is 10.3. The first-order valence-corrected chi connectivity index (χ1v) is 10.3. The molecule has 6 heteroatoms. The minimum atomic E-state index is -0.801. The van der Waals surface area contributed by atoms with Crippen LogP contribution in [0.15, 0.2) is 30.3 Å². The standard InChI is InChI=1S/C23H34N2O3.ClH/c1-21(2,20(27)28)14-15-25-17-22(16-19(25)26)10-12-23(13-11-22,24(3)4)18-8-6-5-7-9-18;/h5-9H,10-17H2,1-4H3,(H,27,28);1H. The molecule has 0 unspecified atom stereocenters. The van der Waals surface area contributed by atoms with Crippen molar-refractivity contribution in [2.24, 2.45) is 10.8 Å². The zero-order chi connectivity index (χ0) is 20.6. The summed E-state index contributed by atoms with van der Waals surface area (Å²) in [6, 6.07) is 10.7. The number of aliphatic carboxylic acids is 1. The third-order valence-corrected chi connectivity index (χ3v) is 7.30. The lowest BCUT2D eigenvalue weighted by Crippen LogP contribution is -2.47. The van der Waals surface area contributed by atoms with Crippen LogP contribution in [0, 0.1) is 10.8 Å². The molecule has 1 N–H and O–H groups in total. The number of likely N-dealkylation sites (tertiary alicyclic amines) is 1. The van der Waals surface area contributed by atoms with Gasteiger partial charge in [-0.25, -0.2) is 0 Å². The van der Waals surface area contributed by atoms with E-state index in [1.54, 1.807) is 13.8 Å². The molecule has 1 aliphatic heterocycles. The average molecular weight is 423 g/mol. The van der Waals surface area contributed by atoms with E-state index in [1.165, 1.54) is 5.56 Å². The first kappa shape index (κ1) is 23.7. The van der Waals surface area contributed by atoms with E-state index >= 15 is 0 Å². The Balaban J connectivity index is 0.00000300. The van der Waals surface area contributed by atoms with Crippen molar-refractivity contribution < 1.29 is 14.7 Å². The summed E-state index contributed by atoms with van der Waals surface area (Å²) in [6.07, 6.45) is 5.27. The Kier molecular flexibility index (Phi) is 7.06. The van der Waals surface area contributed by atoms with Crippen LogP contribution >= 0.6 is 12.4 Å². The average Bonchev–Trinajstić information content (AvgIpc) is 2.96. The molecule has 1 aromatic carbocycles. The van der Waals surface area contributed by atoms with Crippen LogP contribution in [0.5, 0.6) is 0 Å². The van der Waals surface area contributed by atoms with E-state index in [1.807, 2.05) is 4.90 Å². The minimum Gasteiger partial charge on any atom is -0.481 e. The largest absolute Gasteiger partial charge is 0.481 e. The molecule has 1 amide bonds. The summed E-state index contributed by atoms with van der Waals surface area (Å²) in [5.74, 6) is -0.608. The van der Waals surface area contributed by atoms with Gasteiger partial charge in [0.05, 0.1) is 5.41 Å². The highest BCUT2D eigenvalue weighted by Crippen LogP contribution is 2.52. The number of carboxylic acids is 1. The van der Waals surface area contributed by atoms with Crippen molar-refractivity contribution in [1.82, 2.24) is 9.80 Å². The Morgan fingerprint density at radius 3 is 2.24 bits per heavy atom. The quantitative estimate of drug-likeness (QED) is 0.747. The molecule has 2 fully saturated rings. The molecule has 0 aromatic heterocycles. The van der Waals surface area contributed by atoms with Crippen molar-refractivity contribution in [1.29, 1.82) is 0 Å². The summed E-state index contributed by atoms with van der Waals surface area (Å²) < 4.78 is 0. The molecule has 1 saturated heterocycles. The van der Waals surface area contributed by atoms with Crippen molar-refractivity contribution >= 4 is 24.3 Å². The summed E-state index contributed by atoms with van der Waals surface area (Å²) in [4.78, 5) is 28.3. The van der Waals surface area contributed by atoms with E-state index in [0.29, 0.717) is 19.4 Å². The van der Waals surface area contributed by atoms with E-state index < -0.39 is 11.4 Å². The highest BCUT2D eigenvalue weighted by atomic mass is 35.5. The zero-order valence-electron chi connectivity index (χ0n) is 18.1. The van der Waals surface area contributed by atoms with Crippen LogP contribution < -0.4 is 0 Å². The molecule has 2 aliphatic rings. The van der Waals surface area contributed by atoms with Crippen LogP contribution in [-0.2, 0) is 15.1 Å². The molecule has 0 bridgehead atoms. The minimum absolute atomic E-state index is 0. The fraction of sp³-hybridized carbons (Fsp3) is 0.652. The van der Waals surface area contributed by atoms with E-state index in [4.69, 9.17) is 0 Å². The molecule has 5 nitrogen and oxygen atoms in total. The summed E-state index contributed by atoms with van der Waals surface area (Å²) in [5, 5.41) is 9.33. The van der Waals surface area contributed by atoms with E-state index in [9.17, 15) is 14.7 Å². The number of benzene rings is 1. The lowest BCUT2D eigenvalue weighted by molar-refractivity contribution is -0.148. The van der Waals surface area contributed by atoms with Gasteiger partial charge in [0.25, 0.3) is 0 Å². The highest BCUT2D eigenvalue weighted by Gasteiger charge is 2.50. The number of carbonyl (C=O) groups excluding carboxylic acids is 1. The maximum Gasteiger partial charge on any atom is 0.309 e. The molecule has 0 atom stereocenters. The zero-order valence-corrected chi connectivity index (χ0v) is 18.9. The molecule has 0 radical (unpaired) electrons. The Morgan fingerprint density at radius 2 is 1.72 bits per heavy atom. The normalized spacial score (nSPS) is 27.3. The summed E-state index contributed by atoms with van der Waals surface area (Å²) in [6.45, 7) is 4.78. The third-order valence-electron chi connectivity index (χ3n) is 7.30. The second-order valence-corrected chi connectivity index (χ2v) is 9.72. The van der Waals surface area contributed by atoms with E-state index in [2.05, 4.69) is 49.3 Å².